The van der Waals surface area contributed by atoms with Crippen molar-refractivity contribution in [3.8, 4) is 0 Å². The van der Waals surface area contributed by atoms with Gasteiger partial charge in [0.1, 0.15) is 6.04 Å². The van der Waals surface area contributed by atoms with Gasteiger partial charge in [-0.25, -0.2) is 0 Å². The summed E-state index contributed by atoms with van der Waals surface area (Å²) in [5.74, 6) is 0. The SMILES string of the molecule is FC(F)(F)[C@@H]1NCCc2c1[nH]c1ccccc21. The second-order valence-corrected chi connectivity index (χ2v) is 4.24. The van der Waals surface area contributed by atoms with E-state index in [9.17, 15) is 13.2 Å². The largest absolute Gasteiger partial charge is 0.409 e. The molecule has 0 saturated carbocycles. The van der Waals surface area contributed by atoms with Gasteiger partial charge in [0.25, 0.3) is 0 Å². The lowest BCUT2D eigenvalue weighted by Gasteiger charge is -2.26. The number of aromatic amines is 1. The number of hydrogen-bond donors (Lipinski definition) is 2. The predicted octanol–water partition coefficient (Wildman–Crippen LogP) is 2.92. The molecule has 0 saturated heterocycles. The molecule has 90 valence electrons. The first kappa shape index (κ1) is 10.7. The van der Waals surface area contributed by atoms with Gasteiger partial charge in [0.15, 0.2) is 0 Å². The first-order valence-electron chi connectivity index (χ1n) is 5.47. The average molecular weight is 240 g/mol. The van der Waals surface area contributed by atoms with Gasteiger partial charge in [-0.2, -0.15) is 13.2 Å². The zero-order valence-corrected chi connectivity index (χ0v) is 8.93. The van der Waals surface area contributed by atoms with Gasteiger partial charge in [-0.05, 0) is 18.1 Å². The molecule has 2 aromatic rings. The molecule has 0 radical (unpaired) electrons. The molecule has 5 heteroatoms. The highest BCUT2D eigenvalue weighted by Crippen LogP contribution is 2.38. The lowest BCUT2D eigenvalue weighted by Crippen LogP contribution is -2.39. The molecule has 1 aromatic heterocycles. The molecule has 1 atom stereocenters. The zero-order valence-electron chi connectivity index (χ0n) is 8.93. The summed E-state index contributed by atoms with van der Waals surface area (Å²) in [6, 6.07) is 5.77. The van der Waals surface area contributed by atoms with Crippen LogP contribution in [0.3, 0.4) is 0 Å². The highest BCUT2D eigenvalue weighted by atomic mass is 19.4. The highest BCUT2D eigenvalue weighted by Gasteiger charge is 2.44. The summed E-state index contributed by atoms with van der Waals surface area (Å²) in [5.41, 5.74) is 1.84. The van der Waals surface area contributed by atoms with E-state index in [4.69, 9.17) is 0 Å². The predicted molar refractivity (Wildman–Crippen MR) is 58.8 cm³/mol. The van der Waals surface area contributed by atoms with Crippen LogP contribution in [0.15, 0.2) is 24.3 Å². The van der Waals surface area contributed by atoms with Crippen molar-refractivity contribution in [1.29, 1.82) is 0 Å². The monoisotopic (exact) mass is 240 g/mol. The number of para-hydroxylation sites is 1. The summed E-state index contributed by atoms with van der Waals surface area (Å²) < 4.78 is 38.6. The summed E-state index contributed by atoms with van der Waals surface area (Å²) in [7, 11) is 0. The third kappa shape index (κ3) is 1.61. The van der Waals surface area contributed by atoms with E-state index >= 15 is 0 Å². The van der Waals surface area contributed by atoms with Gasteiger partial charge in [-0.15, -0.1) is 0 Å². The van der Waals surface area contributed by atoms with E-state index in [1.54, 1.807) is 6.07 Å². The van der Waals surface area contributed by atoms with E-state index in [2.05, 4.69) is 10.3 Å². The van der Waals surface area contributed by atoms with Gasteiger partial charge in [0, 0.05) is 23.1 Å². The van der Waals surface area contributed by atoms with Crippen molar-refractivity contribution in [2.24, 2.45) is 0 Å². The quantitative estimate of drug-likeness (QED) is 0.728. The third-order valence-electron chi connectivity index (χ3n) is 3.19. The minimum absolute atomic E-state index is 0.268. The number of rotatable bonds is 0. The summed E-state index contributed by atoms with van der Waals surface area (Å²) >= 11 is 0. The second kappa shape index (κ2) is 3.50. The summed E-state index contributed by atoms with van der Waals surface area (Å²) in [4.78, 5) is 2.89. The number of aromatic nitrogens is 1. The van der Waals surface area contributed by atoms with Crippen molar-refractivity contribution in [2.45, 2.75) is 18.6 Å². The van der Waals surface area contributed by atoms with E-state index in [1.807, 2.05) is 18.2 Å². The van der Waals surface area contributed by atoms with Crippen LogP contribution in [0.5, 0.6) is 0 Å². The smallest absolute Gasteiger partial charge is 0.357 e. The molecule has 17 heavy (non-hydrogen) atoms. The highest BCUT2D eigenvalue weighted by molar-refractivity contribution is 5.85. The van der Waals surface area contributed by atoms with E-state index in [0.717, 1.165) is 16.5 Å². The first-order chi connectivity index (χ1) is 8.07. The maximum atomic E-state index is 12.9. The molecule has 0 bridgehead atoms. The van der Waals surface area contributed by atoms with Crippen LogP contribution in [-0.2, 0) is 6.42 Å². The molecule has 0 aliphatic carbocycles. The molecular weight excluding hydrogens is 229 g/mol. The van der Waals surface area contributed by atoms with Crippen LogP contribution in [0.1, 0.15) is 17.3 Å². The number of hydrogen-bond acceptors (Lipinski definition) is 1. The molecule has 1 aliphatic heterocycles. The molecule has 0 unspecified atom stereocenters. The van der Waals surface area contributed by atoms with E-state index < -0.39 is 12.2 Å². The Balaban J connectivity index is 2.21. The molecular formula is C12H11F3N2. The second-order valence-electron chi connectivity index (χ2n) is 4.24. The van der Waals surface area contributed by atoms with E-state index in [-0.39, 0.29) is 5.69 Å². The van der Waals surface area contributed by atoms with Gasteiger partial charge in [-0.3, -0.25) is 0 Å². The summed E-state index contributed by atoms with van der Waals surface area (Å²) in [5, 5.41) is 3.42. The number of fused-ring (bicyclic) bond motifs is 3. The van der Waals surface area contributed by atoms with Crippen LogP contribution in [-0.4, -0.2) is 17.7 Å². The number of benzene rings is 1. The van der Waals surface area contributed by atoms with Gasteiger partial charge < -0.3 is 10.3 Å². The Bertz CT molecular complexity index is 556. The Kier molecular flexibility index (Phi) is 2.19. The first-order valence-corrected chi connectivity index (χ1v) is 5.47. The molecule has 2 nitrogen and oxygen atoms in total. The molecule has 1 aliphatic rings. The molecule has 0 fully saturated rings. The molecule has 0 spiro atoms. The Hall–Kier alpha value is -1.49. The van der Waals surface area contributed by atoms with Crippen LogP contribution >= 0.6 is 0 Å². The molecule has 0 amide bonds. The van der Waals surface area contributed by atoms with Gasteiger partial charge >= 0.3 is 6.18 Å². The molecule has 2 N–H and O–H groups in total. The average Bonchev–Trinajstić information content (AvgIpc) is 2.65. The maximum Gasteiger partial charge on any atom is 0.409 e. The Morgan fingerprint density at radius 2 is 1.94 bits per heavy atom. The lowest BCUT2D eigenvalue weighted by atomic mass is 9.99. The van der Waals surface area contributed by atoms with Gasteiger partial charge in [0.2, 0.25) is 0 Å². The Morgan fingerprint density at radius 3 is 2.71 bits per heavy atom. The Labute approximate surface area is 95.8 Å². The fourth-order valence-corrected chi connectivity index (χ4v) is 2.46. The fourth-order valence-electron chi connectivity index (χ4n) is 2.46. The van der Waals surface area contributed by atoms with Crippen LogP contribution in [0.2, 0.25) is 0 Å². The normalized spacial score (nSPS) is 20.5. The summed E-state index contributed by atoms with van der Waals surface area (Å²) in [6.07, 6.45) is -3.62. The Morgan fingerprint density at radius 1 is 1.18 bits per heavy atom. The summed E-state index contributed by atoms with van der Waals surface area (Å²) in [6.45, 7) is 0.360. The van der Waals surface area contributed by atoms with Crippen molar-refractivity contribution in [1.82, 2.24) is 10.3 Å². The zero-order chi connectivity index (χ0) is 12.0. The van der Waals surface area contributed by atoms with Crippen molar-refractivity contribution < 1.29 is 13.2 Å². The topological polar surface area (TPSA) is 27.8 Å². The maximum absolute atomic E-state index is 12.9. The van der Waals surface area contributed by atoms with Crippen molar-refractivity contribution in [3.63, 3.8) is 0 Å². The number of nitrogens with one attached hydrogen (secondary N) is 2. The van der Waals surface area contributed by atoms with Crippen molar-refractivity contribution in [2.75, 3.05) is 6.54 Å². The molecule has 2 heterocycles. The molecule has 3 rings (SSSR count). The van der Waals surface area contributed by atoms with Crippen LogP contribution in [0.25, 0.3) is 10.9 Å². The minimum Gasteiger partial charge on any atom is -0.357 e. The standard InChI is InChI=1S/C12H11F3N2/c13-12(14,15)11-10-8(5-6-16-11)7-3-1-2-4-9(7)17-10/h1-4,11,16-17H,5-6H2/t11-/m1/s1. The number of alkyl halides is 3. The van der Waals surface area contributed by atoms with Crippen LogP contribution in [0, 0.1) is 0 Å². The lowest BCUT2D eigenvalue weighted by molar-refractivity contribution is -0.159. The van der Waals surface area contributed by atoms with Gasteiger partial charge in [0.05, 0.1) is 0 Å². The van der Waals surface area contributed by atoms with Crippen LogP contribution < -0.4 is 5.32 Å². The minimum atomic E-state index is -4.25. The number of H-pyrrole nitrogens is 1. The fraction of sp³-hybridized carbons (Fsp3) is 0.333. The van der Waals surface area contributed by atoms with E-state index in [0.29, 0.717) is 13.0 Å². The number of halogens is 3. The molecule has 1 aromatic carbocycles. The van der Waals surface area contributed by atoms with Crippen molar-refractivity contribution in [3.05, 3.63) is 35.5 Å². The van der Waals surface area contributed by atoms with Gasteiger partial charge in [-0.1, -0.05) is 18.2 Å². The third-order valence-corrected chi connectivity index (χ3v) is 3.19. The van der Waals surface area contributed by atoms with Crippen molar-refractivity contribution >= 4 is 10.9 Å². The van der Waals surface area contributed by atoms with E-state index in [1.165, 1.54) is 0 Å². The van der Waals surface area contributed by atoms with Crippen LogP contribution in [0.4, 0.5) is 13.2 Å².